The average Bonchev–Trinajstić information content (AvgIpc) is 2.27. The van der Waals surface area contributed by atoms with Crippen LogP contribution in [0.25, 0.3) is 0 Å². The Bertz CT molecular complexity index is 440. The van der Waals surface area contributed by atoms with Crippen LogP contribution in [0.3, 0.4) is 0 Å². The first-order chi connectivity index (χ1) is 7.95. The van der Waals surface area contributed by atoms with Crippen molar-refractivity contribution in [2.75, 3.05) is 6.61 Å². The number of ether oxygens (including phenoxy) is 1. The molecule has 0 heterocycles. The molecule has 0 fully saturated rings. The van der Waals surface area contributed by atoms with Gasteiger partial charge in [0, 0.05) is 5.56 Å². The Morgan fingerprint density at radius 3 is 2.47 bits per heavy atom. The number of benzene rings is 1. The van der Waals surface area contributed by atoms with Crippen LogP contribution in [-0.4, -0.2) is 28.8 Å². The number of esters is 1. The molecule has 1 aromatic carbocycles. The number of hydrogen-bond donors (Lipinski definition) is 1. The van der Waals surface area contributed by atoms with Crippen LogP contribution in [0.5, 0.6) is 5.75 Å². The van der Waals surface area contributed by atoms with E-state index in [1.165, 1.54) is 25.1 Å². The van der Waals surface area contributed by atoms with E-state index in [9.17, 15) is 14.7 Å². The van der Waals surface area contributed by atoms with Crippen LogP contribution >= 0.6 is 11.6 Å². The number of hydrogen-bond acceptors (Lipinski definition) is 4. The summed E-state index contributed by atoms with van der Waals surface area (Å²) in [6.45, 7) is 3.43. The number of aromatic hydroxyl groups is 1. The van der Waals surface area contributed by atoms with Gasteiger partial charge in [0.1, 0.15) is 5.75 Å². The Morgan fingerprint density at radius 2 is 1.94 bits per heavy atom. The van der Waals surface area contributed by atoms with Crippen molar-refractivity contribution in [1.29, 1.82) is 0 Å². The SMILES string of the molecule is CCOC(=O)c1cc(O)cc(C(=O)C(C)Cl)c1. The highest BCUT2D eigenvalue weighted by molar-refractivity contribution is 6.33. The van der Waals surface area contributed by atoms with Crippen LogP contribution in [0.4, 0.5) is 0 Å². The molecule has 1 rings (SSSR count). The number of carbonyl (C=O) groups is 2. The molecule has 92 valence electrons. The third-order valence-corrected chi connectivity index (χ3v) is 2.27. The lowest BCUT2D eigenvalue weighted by Crippen LogP contribution is -2.12. The maximum atomic E-state index is 11.6. The third kappa shape index (κ3) is 3.46. The van der Waals surface area contributed by atoms with Gasteiger partial charge in [0.25, 0.3) is 0 Å². The average molecular weight is 257 g/mol. The van der Waals surface area contributed by atoms with Gasteiger partial charge in [-0.15, -0.1) is 11.6 Å². The predicted octanol–water partition coefficient (Wildman–Crippen LogP) is 2.38. The predicted molar refractivity (Wildman–Crippen MR) is 63.7 cm³/mol. The number of rotatable bonds is 4. The summed E-state index contributed by atoms with van der Waals surface area (Å²) in [4.78, 5) is 23.1. The number of halogens is 1. The van der Waals surface area contributed by atoms with Gasteiger partial charge in [0.15, 0.2) is 5.78 Å². The van der Waals surface area contributed by atoms with Crippen molar-refractivity contribution in [3.63, 3.8) is 0 Å². The molecule has 0 bridgehead atoms. The summed E-state index contributed by atoms with van der Waals surface area (Å²) in [5.41, 5.74) is 0.322. The molecule has 0 saturated heterocycles. The molecule has 1 N–H and O–H groups in total. The van der Waals surface area contributed by atoms with Gasteiger partial charge in [0.05, 0.1) is 17.5 Å². The van der Waals surface area contributed by atoms with E-state index >= 15 is 0 Å². The number of carbonyl (C=O) groups excluding carboxylic acids is 2. The smallest absolute Gasteiger partial charge is 0.338 e. The molecular weight excluding hydrogens is 244 g/mol. The minimum Gasteiger partial charge on any atom is -0.508 e. The Labute approximate surface area is 104 Å². The van der Waals surface area contributed by atoms with Crippen molar-refractivity contribution in [3.05, 3.63) is 29.3 Å². The van der Waals surface area contributed by atoms with E-state index in [1.807, 2.05) is 0 Å². The molecule has 0 saturated carbocycles. The zero-order chi connectivity index (χ0) is 13.0. The molecule has 0 aliphatic carbocycles. The Kier molecular flexibility index (Phi) is 4.52. The fourth-order valence-electron chi connectivity index (χ4n) is 1.32. The lowest BCUT2D eigenvalue weighted by atomic mass is 10.0. The second kappa shape index (κ2) is 5.68. The summed E-state index contributed by atoms with van der Waals surface area (Å²) >= 11 is 5.66. The van der Waals surface area contributed by atoms with Gasteiger partial charge >= 0.3 is 5.97 Å². The fraction of sp³-hybridized carbons (Fsp3) is 0.333. The lowest BCUT2D eigenvalue weighted by Gasteiger charge is -2.07. The molecule has 17 heavy (non-hydrogen) atoms. The summed E-state index contributed by atoms with van der Waals surface area (Å²) < 4.78 is 4.78. The summed E-state index contributed by atoms with van der Waals surface area (Å²) in [7, 11) is 0. The highest BCUT2D eigenvalue weighted by atomic mass is 35.5. The molecule has 0 aromatic heterocycles. The molecule has 1 atom stereocenters. The molecular formula is C12H13ClO4. The zero-order valence-electron chi connectivity index (χ0n) is 9.57. The topological polar surface area (TPSA) is 63.6 Å². The van der Waals surface area contributed by atoms with E-state index in [4.69, 9.17) is 16.3 Å². The van der Waals surface area contributed by atoms with E-state index in [1.54, 1.807) is 6.92 Å². The summed E-state index contributed by atoms with van der Waals surface area (Å²) in [6, 6.07) is 3.87. The molecule has 0 spiro atoms. The first-order valence-electron chi connectivity index (χ1n) is 5.15. The summed E-state index contributed by atoms with van der Waals surface area (Å²) in [5.74, 6) is -1.11. The number of phenolic OH excluding ortho intramolecular Hbond substituents is 1. The van der Waals surface area contributed by atoms with Crippen LogP contribution in [0.15, 0.2) is 18.2 Å². The summed E-state index contributed by atoms with van der Waals surface area (Å²) in [5, 5.41) is 8.72. The first-order valence-corrected chi connectivity index (χ1v) is 5.58. The molecule has 5 heteroatoms. The quantitative estimate of drug-likeness (QED) is 0.510. The highest BCUT2D eigenvalue weighted by Crippen LogP contribution is 2.19. The van der Waals surface area contributed by atoms with Gasteiger partial charge < -0.3 is 9.84 Å². The molecule has 0 aliphatic heterocycles. The number of ketones is 1. The molecule has 1 aromatic rings. The molecule has 0 radical (unpaired) electrons. The van der Waals surface area contributed by atoms with E-state index in [0.717, 1.165) is 0 Å². The monoisotopic (exact) mass is 256 g/mol. The first kappa shape index (κ1) is 13.5. The normalized spacial score (nSPS) is 11.9. The molecule has 0 amide bonds. The van der Waals surface area contributed by atoms with Crippen molar-refractivity contribution in [3.8, 4) is 5.75 Å². The number of phenols is 1. The van der Waals surface area contributed by atoms with Crippen molar-refractivity contribution in [2.45, 2.75) is 19.2 Å². The second-order valence-electron chi connectivity index (χ2n) is 3.47. The van der Waals surface area contributed by atoms with E-state index < -0.39 is 11.3 Å². The van der Waals surface area contributed by atoms with Crippen molar-refractivity contribution in [1.82, 2.24) is 0 Å². The van der Waals surface area contributed by atoms with Gasteiger partial charge in [-0.3, -0.25) is 4.79 Å². The maximum absolute atomic E-state index is 11.6. The molecule has 4 nitrogen and oxygen atoms in total. The van der Waals surface area contributed by atoms with Crippen LogP contribution in [0, 0.1) is 0 Å². The van der Waals surface area contributed by atoms with E-state index in [0.29, 0.717) is 0 Å². The minimum atomic E-state index is -0.716. The molecule has 1 unspecified atom stereocenters. The van der Waals surface area contributed by atoms with Gasteiger partial charge in [-0.1, -0.05) is 0 Å². The Morgan fingerprint density at radius 1 is 1.35 bits per heavy atom. The van der Waals surface area contributed by atoms with Gasteiger partial charge in [-0.2, -0.15) is 0 Å². The van der Waals surface area contributed by atoms with Crippen LogP contribution in [0.2, 0.25) is 0 Å². The van der Waals surface area contributed by atoms with Crippen LogP contribution in [-0.2, 0) is 4.74 Å². The standard InChI is InChI=1S/C12H13ClO4/c1-3-17-12(16)9-4-8(5-10(14)6-9)11(15)7(2)13/h4-7,14H,3H2,1-2H3. The van der Waals surface area contributed by atoms with Crippen LogP contribution < -0.4 is 0 Å². The second-order valence-corrected chi connectivity index (χ2v) is 4.12. The highest BCUT2D eigenvalue weighted by Gasteiger charge is 2.16. The van der Waals surface area contributed by atoms with E-state index in [-0.39, 0.29) is 29.3 Å². The van der Waals surface area contributed by atoms with Gasteiger partial charge in [-0.25, -0.2) is 4.79 Å². The maximum Gasteiger partial charge on any atom is 0.338 e. The van der Waals surface area contributed by atoms with Gasteiger partial charge in [-0.05, 0) is 32.0 Å². The molecule has 0 aliphatic rings. The van der Waals surface area contributed by atoms with Crippen molar-refractivity contribution < 1.29 is 19.4 Å². The summed E-state index contributed by atoms with van der Waals surface area (Å²) in [6.07, 6.45) is 0. The Balaban J connectivity index is 3.10. The van der Waals surface area contributed by atoms with Crippen molar-refractivity contribution in [2.24, 2.45) is 0 Å². The largest absolute Gasteiger partial charge is 0.508 e. The number of Topliss-reactive ketones (excluding diaryl/α,β-unsaturated/α-hetero) is 1. The lowest BCUT2D eigenvalue weighted by molar-refractivity contribution is 0.0526. The van der Waals surface area contributed by atoms with E-state index in [2.05, 4.69) is 0 Å². The fourth-order valence-corrected chi connectivity index (χ4v) is 1.44. The van der Waals surface area contributed by atoms with Gasteiger partial charge in [0.2, 0.25) is 0 Å². The van der Waals surface area contributed by atoms with Crippen molar-refractivity contribution >= 4 is 23.4 Å². The number of alkyl halides is 1. The third-order valence-electron chi connectivity index (χ3n) is 2.07. The Hall–Kier alpha value is -1.55. The zero-order valence-corrected chi connectivity index (χ0v) is 10.3. The minimum absolute atomic E-state index is 0.132. The van der Waals surface area contributed by atoms with Crippen LogP contribution in [0.1, 0.15) is 34.6 Å².